The van der Waals surface area contributed by atoms with Gasteiger partial charge < -0.3 is 15.0 Å². The zero-order chi connectivity index (χ0) is 19.1. The fourth-order valence-electron chi connectivity index (χ4n) is 3.70. The van der Waals surface area contributed by atoms with Crippen LogP contribution in [-0.4, -0.2) is 44.7 Å². The predicted molar refractivity (Wildman–Crippen MR) is 123 cm³/mol. The van der Waals surface area contributed by atoms with Crippen molar-refractivity contribution < 1.29 is 9.13 Å². The van der Waals surface area contributed by atoms with Crippen LogP contribution in [0.1, 0.15) is 24.0 Å². The molecule has 2 aromatic carbocycles. The Labute approximate surface area is 184 Å². The molecule has 28 heavy (non-hydrogen) atoms. The van der Waals surface area contributed by atoms with Crippen LogP contribution in [0.4, 0.5) is 4.39 Å². The highest BCUT2D eigenvalue weighted by Crippen LogP contribution is 2.34. The van der Waals surface area contributed by atoms with E-state index in [4.69, 9.17) is 4.74 Å². The summed E-state index contributed by atoms with van der Waals surface area (Å²) in [5, 5.41) is 3.54. The molecule has 2 aromatic rings. The summed E-state index contributed by atoms with van der Waals surface area (Å²) < 4.78 is 19.0. The summed E-state index contributed by atoms with van der Waals surface area (Å²) in [5.41, 5.74) is 2.32. The molecule has 1 N–H and O–H groups in total. The number of hydrogen-bond donors (Lipinski definition) is 1. The van der Waals surface area contributed by atoms with Gasteiger partial charge in [-0.3, -0.25) is 4.99 Å². The Kier molecular flexibility index (Phi) is 8.69. The molecule has 1 aliphatic heterocycles. The molecule has 0 radical (unpaired) electrons. The number of rotatable bonds is 5. The van der Waals surface area contributed by atoms with Crippen molar-refractivity contribution in [1.82, 2.24) is 10.2 Å². The van der Waals surface area contributed by atoms with Gasteiger partial charge in [0.05, 0.1) is 0 Å². The van der Waals surface area contributed by atoms with E-state index in [1.54, 1.807) is 19.2 Å². The van der Waals surface area contributed by atoms with Crippen molar-refractivity contribution in [3.05, 3.63) is 71.5 Å². The van der Waals surface area contributed by atoms with Crippen LogP contribution in [0.5, 0.6) is 0 Å². The predicted octanol–water partition coefficient (Wildman–Crippen LogP) is 4.20. The maximum atomic E-state index is 13.4. The fourth-order valence-corrected chi connectivity index (χ4v) is 3.70. The van der Waals surface area contributed by atoms with E-state index < -0.39 is 0 Å². The van der Waals surface area contributed by atoms with E-state index in [2.05, 4.69) is 27.3 Å². The zero-order valence-electron chi connectivity index (χ0n) is 16.5. The second kappa shape index (κ2) is 10.8. The third-order valence-corrected chi connectivity index (χ3v) is 5.33. The molecule has 1 fully saturated rings. The molecule has 6 heteroatoms. The molecule has 152 valence electrons. The van der Waals surface area contributed by atoms with Gasteiger partial charge >= 0.3 is 0 Å². The first kappa shape index (κ1) is 22.6. The van der Waals surface area contributed by atoms with Crippen LogP contribution >= 0.6 is 24.0 Å². The zero-order valence-corrected chi connectivity index (χ0v) is 18.9. The minimum atomic E-state index is -0.202. The Morgan fingerprint density at radius 3 is 2.36 bits per heavy atom. The summed E-state index contributed by atoms with van der Waals surface area (Å²) in [5.74, 6) is 0.652. The van der Waals surface area contributed by atoms with Crippen molar-refractivity contribution in [3.8, 4) is 0 Å². The lowest BCUT2D eigenvalue weighted by Gasteiger charge is -2.39. The molecule has 0 atom stereocenters. The molecule has 0 saturated carbocycles. The van der Waals surface area contributed by atoms with Crippen LogP contribution in [0.15, 0.2) is 59.6 Å². The molecule has 4 nitrogen and oxygen atoms in total. The molecule has 1 saturated heterocycles. The lowest BCUT2D eigenvalue weighted by molar-refractivity contribution is 0.0512. The largest absolute Gasteiger partial charge is 0.381 e. The van der Waals surface area contributed by atoms with E-state index in [-0.39, 0.29) is 35.2 Å². The number of nitrogens with one attached hydrogen (secondary N) is 1. The summed E-state index contributed by atoms with van der Waals surface area (Å²) in [6.45, 7) is 2.97. The number of halogens is 2. The number of hydrogen-bond acceptors (Lipinski definition) is 2. The minimum Gasteiger partial charge on any atom is -0.381 e. The summed E-state index contributed by atoms with van der Waals surface area (Å²) in [7, 11) is 3.84. The van der Waals surface area contributed by atoms with Crippen molar-refractivity contribution in [2.45, 2.75) is 24.8 Å². The summed E-state index contributed by atoms with van der Waals surface area (Å²) in [4.78, 5) is 6.57. The van der Waals surface area contributed by atoms with E-state index in [1.165, 1.54) is 5.56 Å². The second-order valence-electron chi connectivity index (χ2n) is 7.14. The lowest BCUT2D eigenvalue weighted by atomic mass is 9.74. The molecule has 0 unspecified atom stereocenters. The van der Waals surface area contributed by atoms with Crippen LogP contribution in [-0.2, 0) is 16.7 Å². The highest BCUT2D eigenvalue weighted by atomic mass is 127. The van der Waals surface area contributed by atoms with E-state index in [0.717, 1.165) is 50.7 Å². The van der Waals surface area contributed by atoms with Gasteiger partial charge in [0.2, 0.25) is 0 Å². The van der Waals surface area contributed by atoms with Crippen LogP contribution in [0.3, 0.4) is 0 Å². The molecular weight excluding hydrogens is 468 g/mol. The first-order chi connectivity index (χ1) is 13.1. The van der Waals surface area contributed by atoms with E-state index in [9.17, 15) is 4.39 Å². The number of guanidine groups is 1. The van der Waals surface area contributed by atoms with Gasteiger partial charge in [0.1, 0.15) is 5.82 Å². The Bertz CT molecular complexity index is 746. The van der Waals surface area contributed by atoms with Crippen molar-refractivity contribution in [2.75, 3.05) is 33.9 Å². The number of benzene rings is 2. The van der Waals surface area contributed by atoms with Gasteiger partial charge in [-0.25, -0.2) is 4.39 Å². The highest BCUT2D eigenvalue weighted by Gasteiger charge is 2.34. The quantitative estimate of drug-likeness (QED) is 0.383. The van der Waals surface area contributed by atoms with Crippen LogP contribution in [0, 0.1) is 5.82 Å². The SMILES string of the molecule is CN=C(NCC1(c2ccc(F)cc2)CCOCC1)N(C)Cc1ccccc1.I. The van der Waals surface area contributed by atoms with E-state index >= 15 is 0 Å². The molecule has 1 heterocycles. The monoisotopic (exact) mass is 497 g/mol. The van der Waals surface area contributed by atoms with Crippen molar-refractivity contribution in [2.24, 2.45) is 4.99 Å². The Morgan fingerprint density at radius 2 is 1.75 bits per heavy atom. The van der Waals surface area contributed by atoms with Crippen molar-refractivity contribution in [3.63, 3.8) is 0 Å². The van der Waals surface area contributed by atoms with Gasteiger partial charge in [0.25, 0.3) is 0 Å². The van der Waals surface area contributed by atoms with Gasteiger partial charge in [-0.05, 0) is 36.1 Å². The fraction of sp³-hybridized carbons (Fsp3) is 0.409. The van der Waals surface area contributed by atoms with Gasteiger partial charge in [0.15, 0.2) is 5.96 Å². The maximum absolute atomic E-state index is 13.4. The third kappa shape index (κ3) is 5.67. The molecule has 1 aliphatic rings. The van der Waals surface area contributed by atoms with Gasteiger partial charge in [-0.15, -0.1) is 24.0 Å². The normalized spacial score (nSPS) is 16.2. The van der Waals surface area contributed by atoms with Crippen molar-refractivity contribution in [1.29, 1.82) is 0 Å². The third-order valence-electron chi connectivity index (χ3n) is 5.33. The molecule has 0 bridgehead atoms. The van der Waals surface area contributed by atoms with Crippen LogP contribution < -0.4 is 5.32 Å². The highest BCUT2D eigenvalue weighted by molar-refractivity contribution is 14.0. The maximum Gasteiger partial charge on any atom is 0.193 e. The average molecular weight is 497 g/mol. The molecular formula is C22H29FIN3O. The first-order valence-electron chi connectivity index (χ1n) is 9.42. The van der Waals surface area contributed by atoms with Gasteiger partial charge in [-0.2, -0.15) is 0 Å². The summed E-state index contributed by atoms with van der Waals surface area (Å²) >= 11 is 0. The smallest absolute Gasteiger partial charge is 0.193 e. The number of ether oxygens (including phenoxy) is 1. The number of nitrogens with zero attached hydrogens (tertiary/aromatic N) is 2. The lowest BCUT2D eigenvalue weighted by Crippen LogP contribution is -2.48. The van der Waals surface area contributed by atoms with E-state index in [1.807, 2.05) is 37.4 Å². The van der Waals surface area contributed by atoms with Crippen LogP contribution in [0.25, 0.3) is 0 Å². The summed E-state index contributed by atoms with van der Waals surface area (Å²) in [6, 6.07) is 17.2. The Hall–Kier alpha value is -1.67. The molecule has 0 aromatic heterocycles. The molecule has 0 spiro atoms. The standard InChI is InChI=1S/C22H28FN3O.HI/c1-24-21(26(2)16-18-6-4-3-5-7-18)25-17-22(12-14-27-15-13-22)19-8-10-20(23)11-9-19;/h3-11H,12-17H2,1-2H3,(H,24,25);1H. The first-order valence-corrected chi connectivity index (χ1v) is 9.42. The van der Waals surface area contributed by atoms with Gasteiger partial charge in [-0.1, -0.05) is 42.5 Å². The van der Waals surface area contributed by atoms with Crippen molar-refractivity contribution >= 4 is 29.9 Å². The molecule has 0 amide bonds. The summed E-state index contributed by atoms with van der Waals surface area (Å²) in [6.07, 6.45) is 1.82. The van der Waals surface area contributed by atoms with E-state index in [0.29, 0.717) is 0 Å². The topological polar surface area (TPSA) is 36.9 Å². The average Bonchev–Trinajstić information content (AvgIpc) is 2.70. The van der Waals surface area contributed by atoms with Gasteiger partial charge in [0, 0.05) is 45.8 Å². The molecule has 3 rings (SSSR count). The molecule has 0 aliphatic carbocycles. The minimum absolute atomic E-state index is 0. The Balaban J connectivity index is 0.00000280. The number of aliphatic imine (C=N–C) groups is 1. The Morgan fingerprint density at radius 1 is 1.11 bits per heavy atom. The second-order valence-corrected chi connectivity index (χ2v) is 7.14. The van der Waals surface area contributed by atoms with Crippen LogP contribution in [0.2, 0.25) is 0 Å².